The molecule has 1 amide bonds. The van der Waals surface area contributed by atoms with E-state index in [0.29, 0.717) is 16.6 Å². The summed E-state index contributed by atoms with van der Waals surface area (Å²) in [4.78, 5) is 24.1. The molecule has 6 heteroatoms. The van der Waals surface area contributed by atoms with Crippen LogP contribution in [0.5, 0.6) is 0 Å². The van der Waals surface area contributed by atoms with Crippen molar-refractivity contribution >= 4 is 38.4 Å². The summed E-state index contributed by atoms with van der Waals surface area (Å²) >= 11 is 3.41. The van der Waals surface area contributed by atoms with Crippen LogP contribution in [0.25, 0.3) is 10.9 Å². The van der Waals surface area contributed by atoms with Crippen LogP contribution < -0.4 is 10.7 Å². The van der Waals surface area contributed by atoms with Crippen molar-refractivity contribution in [2.24, 2.45) is 0 Å². The number of carbonyl (C=O) groups excluding carboxylic acids is 1. The first-order chi connectivity index (χ1) is 11.0. The second-order valence-corrected chi connectivity index (χ2v) is 6.16. The van der Waals surface area contributed by atoms with Crippen molar-refractivity contribution < 1.29 is 4.79 Å². The molecule has 1 aromatic heterocycles. The van der Waals surface area contributed by atoms with Crippen molar-refractivity contribution in [3.63, 3.8) is 0 Å². The van der Waals surface area contributed by atoms with Gasteiger partial charge in [-0.25, -0.2) is 0 Å². The summed E-state index contributed by atoms with van der Waals surface area (Å²) < 4.78 is 2.43. The number of aryl methyl sites for hydroxylation is 1. The van der Waals surface area contributed by atoms with E-state index < -0.39 is 0 Å². The molecule has 0 unspecified atom stereocenters. The third-order valence-electron chi connectivity index (χ3n) is 3.38. The van der Waals surface area contributed by atoms with Crippen molar-refractivity contribution in [1.82, 2.24) is 9.78 Å². The Balaban J connectivity index is 1.86. The highest BCUT2D eigenvalue weighted by molar-refractivity contribution is 9.10. The highest BCUT2D eigenvalue weighted by Gasteiger charge is 2.09. The van der Waals surface area contributed by atoms with Crippen LogP contribution in [0.2, 0.25) is 0 Å². The first-order valence-corrected chi connectivity index (χ1v) is 7.84. The van der Waals surface area contributed by atoms with Crippen molar-refractivity contribution in [2.45, 2.75) is 13.5 Å². The van der Waals surface area contributed by atoms with Gasteiger partial charge in [0.25, 0.3) is 0 Å². The number of benzene rings is 2. The second-order valence-electron chi connectivity index (χ2n) is 5.25. The van der Waals surface area contributed by atoms with Gasteiger partial charge in [-0.2, -0.15) is 5.10 Å². The summed E-state index contributed by atoms with van der Waals surface area (Å²) in [5, 5.41) is 7.45. The summed E-state index contributed by atoms with van der Waals surface area (Å²) in [5.41, 5.74) is 2.24. The third kappa shape index (κ3) is 3.48. The van der Waals surface area contributed by atoms with Crippen molar-refractivity contribution in [2.75, 3.05) is 5.32 Å². The van der Waals surface area contributed by atoms with Crippen LogP contribution in [-0.4, -0.2) is 15.7 Å². The average Bonchev–Trinajstić information content (AvgIpc) is 2.49. The quantitative estimate of drug-likeness (QED) is 0.769. The van der Waals surface area contributed by atoms with Gasteiger partial charge >= 0.3 is 0 Å². The molecule has 0 radical (unpaired) electrons. The Morgan fingerprint density at radius 2 is 2.04 bits per heavy atom. The number of carbonyl (C=O) groups is 1. The summed E-state index contributed by atoms with van der Waals surface area (Å²) in [6.07, 6.45) is 1.23. The maximum absolute atomic E-state index is 12.3. The lowest BCUT2D eigenvalue weighted by molar-refractivity contribution is -0.116. The van der Waals surface area contributed by atoms with E-state index >= 15 is 0 Å². The highest BCUT2D eigenvalue weighted by atomic mass is 79.9. The fourth-order valence-corrected chi connectivity index (χ4v) is 3.04. The fourth-order valence-electron chi connectivity index (χ4n) is 2.43. The lowest BCUT2D eigenvalue weighted by Crippen LogP contribution is -2.22. The molecule has 0 saturated heterocycles. The number of fused-ring (bicyclic) bond motifs is 1. The van der Waals surface area contributed by atoms with E-state index in [4.69, 9.17) is 0 Å². The van der Waals surface area contributed by atoms with E-state index in [2.05, 4.69) is 26.3 Å². The maximum Gasteiger partial charge on any atom is 0.246 e. The molecule has 0 aliphatic rings. The van der Waals surface area contributed by atoms with Crippen molar-refractivity contribution in [1.29, 1.82) is 0 Å². The minimum atomic E-state index is -0.205. The van der Waals surface area contributed by atoms with Crippen LogP contribution >= 0.6 is 15.9 Å². The first-order valence-electron chi connectivity index (χ1n) is 7.05. The number of hydrogen-bond donors (Lipinski definition) is 1. The van der Waals surface area contributed by atoms with E-state index in [1.807, 2.05) is 31.2 Å². The van der Waals surface area contributed by atoms with E-state index in [1.165, 1.54) is 10.9 Å². The van der Waals surface area contributed by atoms with Gasteiger partial charge in [-0.3, -0.25) is 14.3 Å². The normalized spacial score (nSPS) is 10.7. The molecule has 0 fully saturated rings. The van der Waals surface area contributed by atoms with Crippen LogP contribution in [0.4, 0.5) is 5.69 Å². The monoisotopic (exact) mass is 371 g/mol. The van der Waals surface area contributed by atoms with Gasteiger partial charge in [0.15, 0.2) is 0 Å². The molecular weight excluding hydrogens is 358 g/mol. The zero-order valence-corrected chi connectivity index (χ0v) is 14.0. The van der Waals surface area contributed by atoms with Gasteiger partial charge in [0.05, 0.1) is 11.7 Å². The molecule has 0 atom stereocenters. The number of aromatic nitrogens is 2. The zero-order valence-electron chi connectivity index (χ0n) is 12.4. The molecule has 0 spiro atoms. The topological polar surface area (TPSA) is 64.0 Å². The Morgan fingerprint density at radius 1 is 1.26 bits per heavy atom. The average molecular weight is 372 g/mol. The Kier molecular flexibility index (Phi) is 4.25. The van der Waals surface area contributed by atoms with Gasteiger partial charge < -0.3 is 5.32 Å². The summed E-state index contributed by atoms with van der Waals surface area (Å²) in [6.45, 7) is 1.99. The van der Waals surface area contributed by atoms with Crippen LogP contribution in [0, 0.1) is 6.92 Å². The largest absolute Gasteiger partial charge is 0.324 e. The molecular formula is C17H14BrN3O2. The maximum atomic E-state index is 12.3. The van der Waals surface area contributed by atoms with Crippen LogP contribution in [0.15, 0.2) is 57.9 Å². The predicted molar refractivity (Wildman–Crippen MR) is 93.5 cm³/mol. The van der Waals surface area contributed by atoms with E-state index in [0.717, 1.165) is 10.0 Å². The van der Waals surface area contributed by atoms with Crippen LogP contribution in [0.1, 0.15) is 5.56 Å². The molecule has 116 valence electrons. The SMILES string of the molecule is Cc1cc(Br)cc(NC(=O)Cn2ncc(=O)c3ccccc32)c1. The molecule has 3 aromatic rings. The van der Waals surface area contributed by atoms with Gasteiger partial charge in [0.1, 0.15) is 6.54 Å². The number of nitrogens with one attached hydrogen (secondary N) is 1. The van der Waals surface area contributed by atoms with Crippen molar-refractivity contribution in [3.8, 4) is 0 Å². The Hall–Kier alpha value is -2.47. The molecule has 1 heterocycles. The van der Waals surface area contributed by atoms with E-state index in [-0.39, 0.29) is 17.9 Å². The number of nitrogens with zero attached hydrogens (tertiary/aromatic N) is 2. The highest BCUT2D eigenvalue weighted by Crippen LogP contribution is 2.19. The number of amides is 1. The molecule has 1 N–H and O–H groups in total. The summed E-state index contributed by atoms with van der Waals surface area (Å²) in [7, 11) is 0. The third-order valence-corrected chi connectivity index (χ3v) is 3.84. The molecule has 0 saturated carbocycles. The number of para-hydroxylation sites is 1. The van der Waals surface area contributed by atoms with Gasteiger partial charge in [-0.05, 0) is 42.8 Å². The number of rotatable bonds is 3. The molecule has 5 nitrogen and oxygen atoms in total. The Morgan fingerprint density at radius 3 is 2.83 bits per heavy atom. The number of anilines is 1. The smallest absolute Gasteiger partial charge is 0.246 e. The van der Waals surface area contributed by atoms with Crippen LogP contribution in [0.3, 0.4) is 0 Å². The Bertz CT molecular complexity index is 930. The molecule has 23 heavy (non-hydrogen) atoms. The summed E-state index contributed by atoms with van der Waals surface area (Å²) in [6, 6.07) is 12.8. The first kappa shape index (κ1) is 15.4. The molecule has 0 aliphatic heterocycles. The summed E-state index contributed by atoms with van der Waals surface area (Å²) in [5.74, 6) is -0.205. The van der Waals surface area contributed by atoms with Gasteiger partial charge in [-0.1, -0.05) is 28.1 Å². The van der Waals surface area contributed by atoms with E-state index in [1.54, 1.807) is 18.2 Å². The molecule has 0 aliphatic carbocycles. The van der Waals surface area contributed by atoms with Gasteiger partial charge in [0, 0.05) is 15.5 Å². The molecule has 2 aromatic carbocycles. The lowest BCUT2D eigenvalue weighted by Gasteiger charge is -2.10. The van der Waals surface area contributed by atoms with Gasteiger partial charge in [0.2, 0.25) is 11.3 Å². The minimum Gasteiger partial charge on any atom is -0.324 e. The van der Waals surface area contributed by atoms with Gasteiger partial charge in [-0.15, -0.1) is 0 Å². The second kappa shape index (κ2) is 6.34. The standard InChI is InChI=1S/C17H14BrN3O2/c1-11-6-12(18)8-13(7-11)20-17(23)10-21-15-5-3-2-4-14(15)16(22)9-19-21/h2-9H,10H2,1H3,(H,20,23). The number of halogens is 1. The zero-order chi connectivity index (χ0) is 16.4. The predicted octanol–water partition coefficient (Wildman–Crippen LogP) is 3.11. The molecule has 0 bridgehead atoms. The van der Waals surface area contributed by atoms with E-state index in [9.17, 15) is 9.59 Å². The fraction of sp³-hybridized carbons (Fsp3) is 0.118. The Labute approximate surface area is 141 Å². The van der Waals surface area contributed by atoms with Crippen LogP contribution in [-0.2, 0) is 11.3 Å². The number of hydrogen-bond acceptors (Lipinski definition) is 3. The lowest BCUT2D eigenvalue weighted by atomic mass is 10.2. The van der Waals surface area contributed by atoms with Crippen molar-refractivity contribution in [3.05, 3.63) is 68.9 Å². The minimum absolute atomic E-state index is 0.0341. The molecule has 3 rings (SSSR count).